The quantitative estimate of drug-likeness (QED) is 0.897. The van der Waals surface area contributed by atoms with E-state index in [1.807, 2.05) is 0 Å². The van der Waals surface area contributed by atoms with Gasteiger partial charge in [0.2, 0.25) is 0 Å². The van der Waals surface area contributed by atoms with Crippen molar-refractivity contribution in [3.05, 3.63) is 53.1 Å². The smallest absolute Gasteiger partial charge is 0.399 e. The fourth-order valence-corrected chi connectivity index (χ4v) is 2.30. The van der Waals surface area contributed by atoms with E-state index in [4.69, 9.17) is 4.74 Å². The molecule has 0 amide bonds. The van der Waals surface area contributed by atoms with Gasteiger partial charge in [-0.15, -0.1) is 0 Å². The minimum Gasteiger partial charge on any atom is -0.508 e. The third-order valence-corrected chi connectivity index (χ3v) is 3.42. The molecule has 0 saturated heterocycles. The number of aryl methyl sites for hydroxylation is 1. The van der Waals surface area contributed by atoms with E-state index in [0.29, 0.717) is 5.56 Å². The first kappa shape index (κ1) is 16.0. The summed E-state index contributed by atoms with van der Waals surface area (Å²) in [5.74, 6) is -2.19. The Morgan fingerprint density at radius 3 is 2.00 bits per heavy atom. The zero-order chi connectivity index (χ0) is 16.5. The summed E-state index contributed by atoms with van der Waals surface area (Å²) in [6.07, 6.45) is -4.52. The van der Waals surface area contributed by atoms with E-state index in [9.17, 15) is 23.4 Å². The first-order valence-corrected chi connectivity index (χ1v) is 6.47. The van der Waals surface area contributed by atoms with Gasteiger partial charge in [-0.05, 0) is 41.8 Å². The summed E-state index contributed by atoms with van der Waals surface area (Å²) in [5.41, 5.74) is 0.320. The lowest BCUT2D eigenvalue weighted by Gasteiger charge is -2.22. The van der Waals surface area contributed by atoms with E-state index in [-0.39, 0.29) is 28.4 Å². The normalized spacial score (nSPS) is 13.0. The molecule has 3 nitrogen and oxygen atoms in total. The van der Waals surface area contributed by atoms with Crippen molar-refractivity contribution < 1.29 is 28.1 Å². The van der Waals surface area contributed by atoms with Crippen LogP contribution in [0.5, 0.6) is 17.2 Å². The highest BCUT2D eigenvalue weighted by molar-refractivity contribution is 5.47. The number of benzene rings is 2. The molecule has 0 spiro atoms. The third-order valence-electron chi connectivity index (χ3n) is 3.42. The number of alkyl halides is 3. The van der Waals surface area contributed by atoms with Crippen molar-refractivity contribution >= 4 is 0 Å². The van der Waals surface area contributed by atoms with Crippen LogP contribution in [0.15, 0.2) is 36.4 Å². The molecule has 0 saturated carbocycles. The molecule has 2 aromatic carbocycles. The number of rotatable bonds is 3. The Hall–Kier alpha value is -2.37. The minimum absolute atomic E-state index is 0.00976. The number of methoxy groups -OCH3 is 1. The molecule has 118 valence electrons. The van der Waals surface area contributed by atoms with Gasteiger partial charge in [0.1, 0.15) is 11.7 Å². The maximum absolute atomic E-state index is 13.5. The van der Waals surface area contributed by atoms with Crippen molar-refractivity contribution in [1.29, 1.82) is 0 Å². The Morgan fingerprint density at radius 1 is 0.955 bits per heavy atom. The average Bonchev–Trinajstić information content (AvgIpc) is 2.43. The third kappa shape index (κ3) is 3.10. The fraction of sp³-hybridized carbons (Fsp3) is 0.250. The van der Waals surface area contributed by atoms with Crippen LogP contribution in [0.1, 0.15) is 22.6 Å². The number of hydrogen-bond acceptors (Lipinski definition) is 3. The molecule has 2 aromatic rings. The summed E-state index contributed by atoms with van der Waals surface area (Å²) < 4.78 is 45.4. The molecule has 0 bridgehead atoms. The van der Waals surface area contributed by atoms with E-state index >= 15 is 0 Å². The summed E-state index contributed by atoms with van der Waals surface area (Å²) in [6, 6.07) is 7.31. The van der Waals surface area contributed by atoms with E-state index in [0.717, 1.165) is 6.07 Å². The second-order valence-corrected chi connectivity index (χ2v) is 4.95. The molecular formula is C16H15F3O3. The Labute approximate surface area is 125 Å². The zero-order valence-electron chi connectivity index (χ0n) is 12.0. The molecule has 2 rings (SSSR count). The zero-order valence-corrected chi connectivity index (χ0v) is 12.0. The van der Waals surface area contributed by atoms with Gasteiger partial charge in [-0.3, -0.25) is 0 Å². The molecule has 0 aliphatic heterocycles. The molecule has 6 heteroatoms. The predicted molar refractivity (Wildman–Crippen MR) is 75.4 cm³/mol. The van der Waals surface area contributed by atoms with Gasteiger partial charge in [0.05, 0.1) is 7.11 Å². The number of halogens is 3. The average molecular weight is 312 g/mol. The van der Waals surface area contributed by atoms with Crippen LogP contribution in [-0.2, 0) is 0 Å². The molecule has 2 N–H and O–H groups in total. The molecule has 1 atom stereocenters. The van der Waals surface area contributed by atoms with Crippen LogP contribution in [0, 0.1) is 6.92 Å². The monoisotopic (exact) mass is 312 g/mol. The predicted octanol–water partition coefficient (Wildman–Crippen LogP) is 4.11. The SMILES string of the molecule is COc1cc(C(c2ccc(O)c(C)c2)C(F)(F)F)ccc1O. The van der Waals surface area contributed by atoms with Crippen LogP contribution < -0.4 is 4.74 Å². The molecule has 0 aromatic heterocycles. The standard InChI is InChI=1S/C16H15F3O3/c1-9-7-10(3-5-12(9)20)15(16(17,18)19)11-4-6-13(21)14(8-11)22-2/h3-8,15,20-21H,1-2H3. The molecule has 22 heavy (non-hydrogen) atoms. The lowest BCUT2D eigenvalue weighted by atomic mass is 9.89. The van der Waals surface area contributed by atoms with Crippen molar-refractivity contribution in [2.45, 2.75) is 19.0 Å². The first-order chi connectivity index (χ1) is 10.2. The van der Waals surface area contributed by atoms with Crippen LogP contribution in [0.4, 0.5) is 13.2 Å². The molecule has 0 fully saturated rings. The van der Waals surface area contributed by atoms with Crippen molar-refractivity contribution in [3.8, 4) is 17.2 Å². The van der Waals surface area contributed by atoms with Crippen molar-refractivity contribution in [1.82, 2.24) is 0 Å². The van der Waals surface area contributed by atoms with Gasteiger partial charge in [0, 0.05) is 0 Å². The molecule has 0 heterocycles. The number of phenols is 2. The van der Waals surface area contributed by atoms with E-state index < -0.39 is 12.1 Å². The summed E-state index contributed by atoms with van der Waals surface area (Å²) in [6.45, 7) is 1.53. The van der Waals surface area contributed by atoms with Gasteiger partial charge in [-0.25, -0.2) is 0 Å². The van der Waals surface area contributed by atoms with Crippen molar-refractivity contribution in [2.75, 3.05) is 7.11 Å². The Balaban J connectivity index is 2.58. The first-order valence-electron chi connectivity index (χ1n) is 6.47. The topological polar surface area (TPSA) is 49.7 Å². The van der Waals surface area contributed by atoms with E-state index in [1.165, 1.54) is 44.4 Å². The van der Waals surface area contributed by atoms with Crippen molar-refractivity contribution in [2.24, 2.45) is 0 Å². The number of ether oxygens (including phenoxy) is 1. The summed E-state index contributed by atoms with van der Waals surface area (Å²) in [4.78, 5) is 0. The lowest BCUT2D eigenvalue weighted by molar-refractivity contribution is -0.141. The number of aromatic hydroxyl groups is 2. The van der Waals surface area contributed by atoms with E-state index in [1.54, 1.807) is 0 Å². The molecule has 0 radical (unpaired) electrons. The van der Waals surface area contributed by atoms with Gasteiger partial charge in [-0.1, -0.05) is 18.2 Å². The van der Waals surface area contributed by atoms with Crippen LogP contribution in [0.2, 0.25) is 0 Å². The van der Waals surface area contributed by atoms with Crippen LogP contribution in [-0.4, -0.2) is 23.5 Å². The van der Waals surface area contributed by atoms with Gasteiger partial charge >= 0.3 is 6.18 Å². The summed E-state index contributed by atoms with van der Waals surface area (Å²) >= 11 is 0. The Bertz CT molecular complexity index is 681. The fourth-order valence-electron chi connectivity index (χ4n) is 2.30. The van der Waals surface area contributed by atoms with Gasteiger partial charge in [0.25, 0.3) is 0 Å². The summed E-state index contributed by atoms with van der Waals surface area (Å²) in [5, 5.41) is 19.0. The molecular weight excluding hydrogens is 297 g/mol. The maximum Gasteiger partial charge on any atom is 0.399 e. The van der Waals surface area contributed by atoms with Gasteiger partial charge < -0.3 is 14.9 Å². The molecule has 1 unspecified atom stereocenters. The van der Waals surface area contributed by atoms with E-state index in [2.05, 4.69) is 0 Å². The highest BCUT2D eigenvalue weighted by Gasteiger charge is 2.42. The second-order valence-electron chi connectivity index (χ2n) is 4.95. The summed E-state index contributed by atoms with van der Waals surface area (Å²) in [7, 11) is 1.27. The number of phenolic OH excluding ortho intramolecular Hbond substituents is 2. The van der Waals surface area contributed by atoms with Gasteiger partial charge in [-0.2, -0.15) is 13.2 Å². The molecule has 0 aliphatic carbocycles. The van der Waals surface area contributed by atoms with Gasteiger partial charge in [0.15, 0.2) is 11.5 Å². The lowest BCUT2D eigenvalue weighted by Crippen LogP contribution is -2.22. The maximum atomic E-state index is 13.5. The van der Waals surface area contributed by atoms with Crippen LogP contribution in [0.25, 0.3) is 0 Å². The van der Waals surface area contributed by atoms with Crippen LogP contribution in [0.3, 0.4) is 0 Å². The van der Waals surface area contributed by atoms with Crippen molar-refractivity contribution in [3.63, 3.8) is 0 Å². The Kier molecular flexibility index (Phi) is 4.21. The number of hydrogen-bond donors (Lipinski definition) is 2. The Morgan fingerprint density at radius 2 is 1.50 bits per heavy atom. The largest absolute Gasteiger partial charge is 0.508 e. The second kappa shape index (κ2) is 5.79. The highest BCUT2D eigenvalue weighted by atomic mass is 19.4. The van der Waals surface area contributed by atoms with Crippen LogP contribution >= 0.6 is 0 Å². The highest BCUT2D eigenvalue weighted by Crippen LogP contribution is 2.43. The minimum atomic E-state index is -4.52. The molecule has 0 aliphatic rings.